The van der Waals surface area contributed by atoms with E-state index in [1.807, 2.05) is 11.0 Å². The maximum atomic E-state index is 12.8. The average Bonchev–Trinajstić information content (AvgIpc) is 2.81. The van der Waals surface area contributed by atoms with Gasteiger partial charge in [-0.05, 0) is 25.0 Å². The summed E-state index contributed by atoms with van der Waals surface area (Å²) in [6, 6.07) is 8.43. The molecule has 1 aromatic carbocycles. The first-order chi connectivity index (χ1) is 10.5. The van der Waals surface area contributed by atoms with Gasteiger partial charge in [-0.25, -0.2) is 8.42 Å². The second-order valence-electron chi connectivity index (χ2n) is 5.80. The van der Waals surface area contributed by atoms with Gasteiger partial charge in [-0.2, -0.15) is 4.31 Å². The molecule has 2 atom stereocenters. The number of benzene rings is 1. The Labute approximate surface area is 130 Å². The number of nitrogens with zero attached hydrogens (tertiary/aromatic N) is 2. The first-order valence-electron chi connectivity index (χ1n) is 7.40. The fraction of sp³-hybridized carbons (Fsp3) is 0.533. The fourth-order valence-corrected chi connectivity index (χ4v) is 5.31. The maximum Gasteiger partial charge on any atom is 0.319 e. The normalized spacial score (nSPS) is 26.0. The van der Waals surface area contributed by atoms with Crippen LogP contribution in [0, 0.1) is 0 Å². The van der Waals surface area contributed by atoms with Crippen LogP contribution in [-0.4, -0.2) is 62.4 Å². The minimum Gasteiger partial charge on any atom is -0.468 e. The van der Waals surface area contributed by atoms with Crippen molar-refractivity contribution in [3.05, 3.63) is 30.3 Å². The van der Waals surface area contributed by atoms with Crippen LogP contribution in [0.4, 0.5) is 0 Å². The van der Waals surface area contributed by atoms with Gasteiger partial charge in [0.25, 0.3) is 0 Å². The van der Waals surface area contributed by atoms with Gasteiger partial charge in [0.1, 0.15) is 0 Å². The molecule has 0 radical (unpaired) electrons. The van der Waals surface area contributed by atoms with Crippen molar-refractivity contribution >= 4 is 16.0 Å². The minimum absolute atomic E-state index is 0.0615. The maximum absolute atomic E-state index is 12.8. The number of piperazine rings is 1. The van der Waals surface area contributed by atoms with E-state index in [-0.39, 0.29) is 24.6 Å². The van der Waals surface area contributed by atoms with Crippen molar-refractivity contribution in [2.75, 3.05) is 26.7 Å². The van der Waals surface area contributed by atoms with Gasteiger partial charge in [-0.3, -0.25) is 9.69 Å². The Bertz CT molecular complexity index is 633. The molecule has 0 aromatic heterocycles. The number of carbonyl (C=O) groups excluding carboxylic acids is 1. The third-order valence-electron chi connectivity index (χ3n) is 4.39. The summed E-state index contributed by atoms with van der Waals surface area (Å²) in [7, 11) is -2.10. The number of sulfonamides is 1. The van der Waals surface area contributed by atoms with Crippen LogP contribution in [0.5, 0.6) is 0 Å². The quantitative estimate of drug-likeness (QED) is 0.763. The molecule has 2 fully saturated rings. The van der Waals surface area contributed by atoms with Gasteiger partial charge in [0.2, 0.25) is 10.0 Å². The highest BCUT2D eigenvalue weighted by Gasteiger charge is 2.46. The van der Waals surface area contributed by atoms with Crippen molar-refractivity contribution in [3.63, 3.8) is 0 Å². The number of likely N-dealkylation sites (tertiary alicyclic amines) is 1. The lowest BCUT2D eigenvalue weighted by Crippen LogP contribution is -2.56. The number of esters is 1. The van der Waals surface area contributed by atoms with Crippen LogP contribution in [0.3, 0.4) is 0 Å². The smallest absolute Gasteiger partial charge is 0.319 e. The van der Waals surface area contributed by atoms with Crippen LogP contribution in [0.2, 0.25) is 0 Å². The van der Waals surface area contributed by atoms with E-state index < -0.39 is 10.0 Å². The predicted octanol–water partition coefficient (Wildman–Crippen LogP) is 0.697. The summed E-state index contributed by atoms with van der Waals surface area (Å²) in [5.41, 5.74) is 0. The van der Waals surface area contributed by atoms with Gasteiger partial charge in [0.15, 0.2) is 0 Å². The largest absolute Gasteiger partial charge is 0.468 e. The summed E-state index contributed by atoms with van der Waals surface area (Å²) >= 11 is 0. The Kier molecular flexibility index (Phi) is 4.20. The highest BCUT2D eigenvalue weighted by molar-refractivity contribution is 7.89. The minimum atomic E-state index is -3.46. The lowest BCUT2D eigenvalue weighted by atomic mass is 10.2. The molecule has 2 aliphatic rings. The van der Waals surface area contributed by atoms with Crippen LogP contribution in [0.1, 0.15) is 12.8 Å². The second kappa shape index (κ2) is 5.98. The zero-order valence-corrected chi connectivity index (χ0v) is 13.3. The summed E-state index contributed by atoms with van der Waals surface area (Å²) in [6.07, 6.45) is 1.68. The van der Waals surface area contributed by atoms with Crippen LogP contribution in [0.25, 0.3) is 0 Å². The number of fused-ring (bicyclic) bond motifs is 2. The molecule has 6 nitrogen and oxygen atoms in total. The molecule has 0 spiro atoms. The van der Waals surface area contributed by atoms with E-state index in [0.29, 0.717) is 18.0 Å². The fourth-order valence-electron chi connectivity index (χ4n) is 3.43. The van der Waals surface area contributed by atoms with Gasteiger partial charge in [0.05, 0.1) is 18.6 Å². The second-order valence-corrected chi connectivity index (χ2v) is 7.65. The van der Waals surface area contributed by atoms with Crippen molar-refractivity contribution in [1.29, 1.82) is 0 Å². The summed E-state index contributed by atoms with van der Waals surface area (Å²) in [5.74, 6) is -0.279. The SMILES string of the molecule is COC(=O)CN1CC2CCC(C1)N2S(=O)(=O)c1ccccc1. The third-order valence-corrected chi connectivity index (χ3v) is 6.41. The molecule has 0 N–H and O–H groups in total. The summed E-state index contributed by atoms with van der Waals surface area (Å²) in [6.45, 7) is 1.39. The van der Waals surface area contributed by atoms with Crippen LogP contribution >= 0.6 is 0 Å². The van der Waals surface area contributed by atoms with E-state index in [2.05, 4.69) is 0 Å². The van der Waals surface area contributed by atoms with Crippen LogP contribution < -0.4 is 0 Å². The van der Waals surface area contributed by atoms with Crippen LogP contribution in [-0.2, 0) is 19.6 Å². The average molecular weight is 324 g/mol. The van der Waals surface area contributed by atoms with Crippen molar-refractivity contribution < 1.29 is 17.9 Å². The third kappa shape index (κ3) is 2.76. The Morgan fingerprint density at radius 1 is 1.18 bits per heavy atom. The lowest BCUT2D eigenvalue weighted by molar-refractivity contribution is -0.142. The first kappa shape index (κ1) is 15.5. The first-order valence-corrected chi connectivity index (χ1v) is 8.84. The molecular formula is C15H20N2O4S. The standard InChI is InChI=1S/C15H20N2O4S/c1-21-15(18)11-16-9-12-7-8-13(10-16)17(12)22(19,20)14-5-3-2-4-6-14/h2-6,12-13H,7-11H2,1H3. The molecule has 2 aliphatic heterocycles. The summed E-state index contributed by atoms with van der Waals surface area (Å²) in [4.78, 5) is 13.8. The van der Waals surface area contributed by atoms with Gasteiger partial charge in [-0.15, -0.1) is 0 Å². The highest BCUT2D eigenvalue weighted by Crippen LogP contribution is 2.35. The molecule has 2 heterocycles. The molecule has 0 amide bonds. The Morgan fingerprint density at radius 3 is 2.32 bits per heavy atom. The van der Waals surface area contributed by atoms with Crippen molar-refractivity contribution in [2.45, 2.75) is 29.8 Å². The lowest BCUT2D eigenvalue weighted by Gasteiger charge is -2.39. The number of hydrogen-bond donors (Lipinski definition) is 0. The molecule has 120 valence electrons. The van der Waals surface area contributed by atoms with E-state index in [1.54, 1.807) is 28.6 Å². The Hall–Kier alpha value is -1.44. The van der Waals surface area contributed by atoms with E-state index in [4.69, 9.17) is 4.74 Å². The van der Waals surface area contributed by atoms with Crippen molar-refractivity contribution in [1.82, 2.24) is 9.21 Å². The molecule has 1 aromatic rings. The van der Waals surface area contributed by atoms with Gasteiger partial charge in [-0.1, -0.05) is 18.2 Å². The summed E-state index contributed by atoms with van der Waals surface area (Å²) < 4.78 is 32.0. The topological polar surface area (TPSA) is 66.9 Å². The molecular weight excluding hydrogens is 304 g/mol. The Morgan fingerprint density at radius 2 is 1.77 bits per heavy atom. The number of methoxy groups -OCH3 is 1. The van der Waals surface area contributed by atoms with E-state index in [9.17, 15) is 13.2 Å². The summed E-state index contributed by atoms with van der Waals surface area (Å²) in [5, 5.41) is 0. The number of carbonyl (C=O) groups is 1. The zero-order chi connectivity index (χ0) is 15.7. The van der Waals surface area contributed by atoms with Gasteiger partial charge in [0, 0.05) is 25.2 Å². The monoisotopic (exact) mass is 324 g/mol. The molecule has 0 saturated carbocycles. The Balaban J connectivity index is 1.79. The molecule has 22 heavy (non-hydrogen) atoms. The number of rotatable bonds is 4. The van der Waals surface area contributed by atoms with Gasteiger partial charge >= 0.3 is 5.97 Å². The molecule has 2 bridgehead atoms. The predicted molar refractivity (Wildman–Crippen MR) is 80.7 cm³/mol. The van der Waals surface area contributed by atoms with E-state index >= 15 is 0 Å². The number of ether oxygens (including phenoxy) is 1. The van der Waals surface area contributed by atoms with Crippen molar-refractivity contribution in [2.24, 2.45) is 0 Å². The molecule has 3 rings (SSSR count). The molecule has 7 heteroatoms. The molecule has 2 unspecified atom stereocenters. The number of hydrogen-bond acceptors (Lipinski definition) is 5. The van der Waals surface area contributed by atoms with E-state index in [0.717, 1.165) is 12.8 Å². The zero-order valence-electron chi connectivity index (χ0n) is 12.5. The van der Waals surface area contributed by atoms with Crippen LogP contribution in [0.15, 0.2) is 35.2 Å². The highest BCUT2D eigenvalue weighted by atomic mass is 32.2. The molecule has 0 aliphatic carbocycles. The van der Waals surface area contributed by atoms with E-state index in [1.165, 1.54) is 7.11 Å². The van der Waals surface area contributed by atoms with Crippen molar-refractivity contribution in [3.8, 4) is 0 Å². The van der Waals surface area contributed by atoms with Gasteiger partial charge < -0.3 is 4.74 Å². The molecule has 2 saturated heterocycles.